The lowest BCUT2D eigenvalue weighted by Gasteiger charge is -2.22. The van der Waals surface area contributed by atoms with E-state index in [1.807, 2.05) is 0 Å². The van der Waals surface area contributed by atoms with Crippen LogP contribution in [0.15, 0.2) is 0 Å². The van der Waals surface area contributed by atoms with Crippen LogP contribution in [-0.2, 0) is 15.0 Å². The second-order valence-corrected chi connectivity index (χ2v) is 5.42. The van der Waals surface area contributed by atoms with Gasteiger partial charge in [-0.3, -0.25) is 4.79 Å². The van der Waals surface area contributed by atoms with Crippen LogP contribution < -0.4 is 0 Å². The first-order chi connectivity index (χ1) is 5.71. The largest absolute Gasteiger partial charge is 0.305 e. The average molecular weight is 208 g/mol. The van der Waals surface area contributed by atoms with E-state index in [1.54, 1.807) is 13.8 Å². The molecule has 0 aromatic carbocycles. The fourth-order valence-electron chi connectivity index (χ4n) is 0.722. The molecular formula is C7H16N2O3S. The SMILES string of the molecule is CC(C)C(=O)N(C)S(=O)(=O)N(C)C. The van der Waals surface area contributed by atoms with Gasteiger partial charge in [0, 0.05) is 27.1 Å². The summed E-state index contributed by atoms with van der Waals surface area (Å²) in [4.78, 5) is 11.3. The lowest BCUT2D eigenvalue weighted by molar-refractivity contribution is -0.128. The molecule has 0 unspecified atom stereocenters. The molecule has 0 atom stereocenters. The van der Waals surface area contributed by atoms with Crippen LogP contribution in [0.25, 0.3) is 0 Å². The van der Waals surface area contributed by atoms with Crippen molar-refractivity contribution >= 4 is 16.1 Å². The molecule has 0 rings (SSSR count). The highest BCUT2D eigenvalue weighted by atomic mass is 32.2. The van der Waals surface area contributed by atoms with Crippen molar-refractivity contribution in [3.05, 3.63) is 0 Å². The summed E-state index contributed by atoms with van der Waals surface area (Å²) in [5.41, 5.74) is 0. The molecule has 0 aliphatic rings. The van der Waals surface area contributed by atoms with E-state index in [9.17, 15) is 13.2 Å². The van der Waals surface area contributed by atoms with E-state index in [4.69, 9.17) is 0 Å². The molecule has 13 heavy (non-hydrogen) atoms. The molecule has 0 radical (unpaired) electrons. The summed E-state index contributed by atoms with van der Waals surface area (Å²) in [5, 5.41) is 0. The van der Waals surface area contributed by atoms with Crippen molar-refractivity contribution in [3.8, 4) is 0 Å². The van der Waals surface area contributed by atoms with Crippen molar-refractivity contribution in [3.63, 3.8) is 0 Å². The first-order valence-electron chi connectivity index (χ1n) is 3.91. The van der Waals surface area contributed by atoms with Gasteiger partial charge in [-0.05, 0) is 0 Å². The molecule has 0 N–H and O–H groups in total. The van der Waals surface area contributed by atoms with Gasteiger partial charge in [0.1, 0.15) is 0 Å². The molecule has 0 aromatic rings. The molecule has 0 saturated carbocycles. The van der Waals surface area contributed by atoms with Crippen LogP contribution in [0.1, 0.15) is 13.8 Å². The molecule has 5 nitrogen and oxygen atoms in total. The Balaban J connectivity index is 4.81. The average Bonchev–Trinajstić information content (AvgIpc) is 2.01. The van der Waals surface area contributed by atoms with Crippen molar-refractivity contribution in [1.29, 1.82) is 0 Å². The Morgan fingerprint density at radius 2 is 1.54 bits per heavy atom. The Hall–Kier alpha value is -0.620. The number of carbonyl (C=O) groups excluding carboxylic acids is 1. The molecule has 0 fully saturated rings. The third-order valence-corrected chi connectivity index (χ3v) is 3.41. The van der Waals surface area contributed by atoms with Gasteiger partial charge in [0.15, 0.2) is 0 Å². The number of nitrogens with zero attached hydrogens (tertiary/aromatic N) is 2. The van der Waals surface area contributed by atoms with Crippen molar-refractivity contribution < 1.29 is 13.2 Å². The second kappa shape index (κ2) is 4.06. The summed E-state index contributed by atoms with van der Waals surface area (Å²) in [6.45, 7) is 3.31. The van der Waals surface area contributed by atoms with Crippen LogP contribution in [-0.4, -0.2) is 44.1 Å². The topological polar surface area (TPSA) is 57.7 Å². The van der Waals surface area contributed by atoms with E-state index in [2.05, 4.69) is 0 Å². The summed E-state index contributed by atoms with van der Waals surface area (Å²) >= 11 is 0. The van der Waals surface area contributed by atoms with E-state index in [1.165, 1.54) is 21.1 Å². The van der Waals surface area contributed by atoms with E-state index < -0.39 is 16.1 Å². The van der Waals surface area contributed by atoms with Crippen molar-refractivity contribution in [1.82, 2.24) is 8.61 Å². The predicted molar refractivity (Wildman–Crippen MR) is 50.2 cm³/mol. The molecule has 0 spiro atoms. The van der Waals surface area contributed by atoms with Gasteiger partial charge in [-0.15, -0.1) is 0 Å². The smallest absolute Gasteiger partial charge is 0.273 e. The molecule has 0 heterocycles. The van der Waals surface area contributed by atoms with Crippen molar-refractivity contribution in [2.24, 2.45) is 5.92 Å². The molecular weight excluding hydrogens is 192 g/mol. The van der Waals surface area contributed by atoms with E-state index in [0.29, 0.717) is 0 Å². The van der Waals surface area contributed by atoms with Gasteiger partial charge in [-0.25, -0.2) is 4.31 Å². The first-order valence-corrected chi connectivity index (χ1v) is 5.31. The summed E-state index contributed by atoms with van der Waals surface area (Å²) in [6.07, 6.45) is 0. The monoisotopic (exact) mass is 208 g/mol. The molecule has 0 saturated heterocycles. The van der Waals surface area contributed by atoms with Crippen LogP contribution in [0.2, 0.25) is 0 Å². The standard InChI is InChI=1S/C7H16N2O3S/c1-6(2)7(10)9(5)13(11,12)8(3)4/h6H,1-5H3. The summed E-state index contributed by atoms with van der Waals surface area (Å²) in [6, 6.07) is 0. The highest BCUT2D eigenvalue weighted by Crippen LogP contribution is 2.06. The fraction of sp³-hybridized carbons (Fsp3) is 0.857. The van der Waals surface area contributed by atoms with Crippen LogP contribution in [0.3, 0.4) is 0 Å². The van der Waals surface area contributed by atoms with Crippen molar-refractivity contribution in [2.75, 3.05) is 21.1 Å². The van der Waals surface area contributed by atoms with E-state index >= 15 is 0 Å². The minimum atomic E-state index is -3.60. The lowest BCUT2D eigenvalue weighted by atomic mass is 10.2. The fourth-order valence-corrected chi connectivity index (χ4v) is 1.65. The normalized spacial score (nSPS) is 12.2. The van der Waals surface area contributed by atoms with Gasteiger partial charge in [0.05, 0.1) is 0 Å². The number of rotatable bonds is 3. The van der Waals surface area contributed by atoms with Gasteiger partial charge < -0.3 is 0 Å². The van der Waals surface area contributed by atoms with Crippen molar-refractivity contribution in [2.45, 2.75) is 13.8 Å². The zero-order chi connectivity index (χ0) is 10.8. The molecule has 78 valence electrons. The second-order valence-electron chi connectivity index (χ2n) is 3.25. The quantitative estimate of drug-likeness (QED) is 0.651. The molecule has 0 aliphatic carbocycles. The Morgan fingerprint density at radius 1 is 1.15 bits per heavy atom. The maximum Gasteiger partial charge on any atom is 0.305 e. The zero-order valence-electron chi connectivity index (χ0n) is 8.60. The van der Waals surface area contributed by atoms with Gasteiger partial charge >= 0.3 is 10.2 Å². The summed E-state index contributed by atoms with van der Waals surface area (Å²) in [7, 11) is 0.434. The first kappa shape index (κ1) is 12.4. The lowest BCUT2D eigenvalue weighted by Crippen LogP contribution is -2.42. The Kier molecular flexibility index (Phi) is 3.87. The maximum atomic E-state index is 11.4. The molecule has 0 aromatic heterocycles. The van der Waals surface area contributed by atoms with E-state index in [-0.39, 0.29) is 5.92 Å². The van der Waals surface area contributed by atoms with Gasteiger partial charge in [0.2, 0.25) is 5.91 Å². The molecule has 0 aliphatic heterocycles. The van der Waals surface area contributed by atoms with Gasteiger partial charge in [-0.1, -0.05) is 13.8 Å². The highest BCUT2D eigenvalue weighted by Gasteiger charge is 2.26. The number of carbonyl (C=O) groups is 1. The Morgan fingerprint density at radius 3 is 1.77 bits per heavy atom. The predicted octanol–water partition coefficient (Wildman–Crippen LogP) is -0.0928. The molecule has 1 amide bonds. The third-order valence-electron chi connectivity index (χ3n) is 1.61. The summed E-state index contributed by atoms with van der Waals surface area (Å²) < 4.78 is 24.6. The number of hydrogen-bond acceptors (Lipinski definition) is 3. The highest BCUT2D eigenvalue weighted by molar-refractivity contribution is 7.87. The van der Waals surface area contributed by atoms with Gasteiger partial charge in [-0.2, -0.15) is 12.7 Å². The van der Waals surface area contributed by atoms with Crippen LogP contribution >= 0.6 is 0 Å². The Labute approximate surface area is 79.5 Å². The molecule has 6 heteroatoms. The van der Waals surface area contributed by atoms with Crippen LogP contribution in [0.5, 0.6) is 0 Å². The molecule has 0 bridgehead atoms. The summed E-state index contributed by atoms with van der Waals surface area (Å²) in [5.74, 6) is -0.728. The Bertz CT molecular complexity index is 282. The minimum absolute atomic E-state index is 0.320. The van der Waals surface area contributed by atoms with Gasteiger partial charge in [0.25, 0.3) is 0 Å². The van der Waals surface area contributed by atoms with E-state index in [0.717, 1.165) is 8.61 Å². The zero-order valence-corrected chi connectivity index (χ0v) is 9.42. The number of hydrogen-bond donors (Lipinski definition) is 0. The van der Waals surface area contributed by atoms with Crippen LogP contribution in [0.4, 0.5) is 0 Å². The number of amides is 1. The van der Waals surface area contributed by atoms with Crippen LogP contribution in [0, 0.1) is 5.92 Å². The third kappa shape index (κ3) is 2.67. The maximum absolute atomic E-state index is 11.4. The minimum Gasteiger partial charge on any atom is -0.273 e.